The molecule has 0 spiro atoms. The summed E-state index contributed by atoms with van der Waals surface area (Å²) in [5.74, 6) is 0. The second kappa shape index (κ2) is 5.31. The Morgan fingerprint density at radius 3 is 1.69 bits per heavy atom. The van der Waals surface area contributed by atoms with Gasteiger partial charge in [-0.3, -0.25) is 0 Å². The summed E-state index contributed by atoms with van der Waals surface area (Å²) in [5.41, 5.74) is 1.49. The van der Waals surface area contributed by atoms with Gasteiger partial charge in [0.25, 0.3) is 0 Å². The Balaban J connectivity index is 4.27. The number of nitrogens with zero attached hydrogens (tertiary/aromatic N) is 1. The molecule has 0 atom stereocenters. The fourth-order valence-electron chi connectivity index (χ4n) is 1.40. The van der Waals surface area contributed by atoms with Crippen LogP contribution < -0.4 is 0 Å². The molecular weight excluding hydrogens is 158 g/mol. The molecule has 0 aliphatic carbocycles. The number of allylic oxidation sites excluding steroid dienone is 1. The monoisotopic (exact) mass is 183 g/mol. The lowest BCUT2D eigenvalue weighted by molar-refractivity contribution is 0.269. The highest BCUT2D eigenvalue weighted by atomic mass is 15.1. The van der Waals surface area contributed by atoms with Crippen LogP contribution in [-0.4, -0.2) is 18.0 Å². The first kappa shape index (κ1) is 12.5. The molecule has 0 saturated carbocycles. The standard InChI is InChI=1S/C12H25N/c1-7-9-13(10-8-2)11(3)12(4,5)6/h3,7-10H2,1-2,4-6H3. The molecule has 0 heterocycles. The third-order valence-electron chi connectivity index (χ3n) is 2.23. The van der Waals surface area contributed by atoms with E-state index in [1.807, 2.05) is 0 Å². The summed E-state index contributed by atoms with van der Waals surface area (Å²) < 4.78 is 0. The lowest BCUT2D eigenvalue weighted by Crippen LogP contribution is -2.31. The molecule has 0 bridgehead atoms. The number of rotatable bonds is 5. The molecule has 0 radical (unpaired) electrons. The van der Waals surface area contributed by atoms with Gasteiger partial charge in [0, 0.05) is 24.2 Å². The largest absolute Gasteiger partial charge is 0.375 e. The van der Waals surface area contributed by atoms with E-state index in [4.69, 9.17) is 0 Å². The van der Waals surface area contributed by atoms with E-state index < -0.39 is 0 Å². The van der Waals surface area contributed by atoms with E-state index in [9.17, 15) is 0 Å². The first-order valence-electron chi connectivity index (χ1n) is 5.37. The molecule has 0 N–H and O–H groups in total. The molecule has 0 aromatic rings. The first-order chi connectivity index (χ1) is 5.93. The van der Waals surface area contributed by atoms with Crippen LogP contribution in [0.25, 0.3) is 0 Å². The molecule has 0 saturated heterocycles. The fourth-order valence-corrected chi connectivity index (χ4v) is 1.40. The fraction of sp³-hybridized carbons (Fsp3) is 0.833. The third-order valence-corrected chi connectivity index (χ3v) is 2.23. The Labute approximate surface area is 83.8 Å². The first-order valence-corrected chi connectivity index (χ1v) is 5.37. The highest BCUT2D eigenvalue weighted by Gasteiger charge is 2.19. The molecule has 0 unspecified atom stereocenters. The van der Waals surface area contributed by atoms with Crippen LogP contribution in [0.3, 0.4) is 0 Å². The Morgan fingerprint density at radius 1 is 1.08 bits per heavy atom. The van der Waals surface area contributed by atoms with Crippen LogP contribution in [0.1, 0.15) is 47.5 Å². The maximum absolute atomic E-state index is 4.19. The molecule has 0 rings (SSSR count). The van der Waals surface area contributed by atoms with Gasteiger partial charge < -0.3 is 4.90 Å². The zero-order valence-electron chi connectivity index (χ0n) is 9.98. The molecule has 0 aromatic carbocycles. The third kappa shape index (κ3) is 4.35. The van der Waals surface area contributed by atoms with Crippen molar-refractivity contribution >= 4 is 0 Å². The van der Waals surface area contributed by atoms with Gasteiger partial charge in [0.2, 0.25) is 0 Å². The molecule has 0 aromatic heterocycles. The van der Waals surface area contributed by atoms with Crippen molar-refractivity contribution in [2.75, 3.05) is 13.1 Å². The van der Waals surface area contributed by atoms with Crippen molar-refractivity contribution < 1.29 is 0 Å². The van der Waals surface area contributed by atoms with E-state index in [1.54, 1.807) is 0 Å². The normalized spacial score (nSPS) is 11.5. The lowest BCUT2D eigenvalue weighted by atomic mass is 9.91. The van der Waals surface area contributed by atoms with Gasteiger partial charge >= 0.3 is 0 Å². The van der Waals surface area contributed by atoms with Gasteiger partial charge in [0.05, 0.1) is 0 Å². The van der Waals surface area contributed by atoms with Gasteiger partial charge in [-0.05, 0) is 12.8 Å². The maximum atomic E-state index is 4.19. The summed E-state index contributed by atoms with van der Waals surface area (Å²) in [4.78, 5) is 2.42. The highest BCUT2D eigenvalue weighted by Crippen LogP contribution is 2.26. The van der Waals surface area contributed by atoms with Crippen molar-refractivity contribution in [3.8, 4) is 0 Å². The van der Waals surface area contributed by atoms with Crippen LogP contribution in [0.15, 0.2) is 12.3 Å². The summed E-state index contributed by atoms with van der Waals surface area (Å²) in [7, 11) is 0. The van der Waals surface area contributed by atoms with Gasteiger partial charge in [-0.2, -0.15) is 0 Å². The smallest absolute Gasteiger partial charge is 0.0172 e. The molecule has 0 aliphatic heterocycles. The Bertz CT molecular complexity index is 147. The van der Waals surface area contributed by atoms with Crippen molar-refractivity contribution in [3.63, 3.8) is 0 Å². The topological polar surface area (TPSA) is 3.24 Å². The van der Waals surface area contributed by atoms with Crippen LogP contribution in [0.2, 0.25) is 0 Å². The van der Waals surface area contributed by atoms with Gasteiger partial charge in [0.1, 0.15) is 0 Å². The second-order valence-corrected chi connectivity index (χ2v) is 4.68. The molecule has 1 nitrogen and oxygen atoms in total. The molecule has 0 amide bonds. The molecule has 13 heavy (non-hydrogen) atoms. The number of hydrogen-bond donors (Lipinski definition) is 0. The van der Waals surface area contributed by atoms with Gasteiger partial charge in [0.15, 0.2) is 0 Å². The predicted molar refractivity (Wildman–Crippen MR) is 60.8 cm³/mol. The average Bonchev–Trinajstić information content (AvgIpc) is 2.01. The van der Waals surface area contributed by atoms with Crippen molar-refractivity contribution in [2.24, 2.45) is 5.41 Å². The van der Waals surface area contributed by atoms with Crippen molar-refractivity contribution in [2.45, 2.75) is 47.5 Å². The average molecular weight is 183 g/mol. The zero-order valence-corrected chi connectivity index (χ0v) is 9.98. The van der Waals surface area contributed by atoms with E-state index in [0.717, 1.165) is 13.1 Å². The Hall–Kier alpha value is -0.460. The van der Waals surface area contributed by atoms with Crippen molar-refractivity contribution in [3.05, 3.63) is 12.3 Å². The second-order valence-electron chi connectivity index (χ2n) is 4.68. The Kier molecular flexibility index (Phi) is 5.12. The van der Waals surface area contributed by atoms with Crippen LogP contribution in [0.4, 0.5) is 0 Å². The van der Waals surface area contributed by atoms with Crippen molar-refractivity contribution in [1.29, 1.82) is 0 Å². The van der Waals surface area contributed by atoms with E-state index in [0.29, 0.717) is 0 Å². The van der Waals surface area contributed by atoms with Gasteiger partial charge in [-0.15, -0.1) is 0 Å². The molecule has 78 valence electrons. The van der Waals surface area contributed by atoms with Crippen LogP contribution in [-0.2, 0) is 0 Å². The van der Waals surface area contributed by atoms with E-state index in [2.05, 4.69) is 46.1 Å². The SMILES string of the molecule is C=C(N(CCC)CCC)C(C)(C)C. The quantitative estimate of drug-likeness (QED) is 0.628. The van der Waals surface area contributed by atoms with Crippen LogP contribution in [0, 0.1) is 5.41 Å². The summed E-state index contributed by atoms with van der Waals surface area (Å²) in [6.07, 6.45) is 2.41. The van der Waals surface area contributed by atoms with Gasteiger partial charge in [-0.25, -0.2) is 0 Å². The van der Waals surface area contributed by atoms with Gasteiger partial charge in [-0.1, -0.05) is 41.2 Å². The summed E-state index contributed by atoms with van der Waals surface area (Å²) >= 11 is 0. The predicted octanol–water partition coefficient (Wildman–Crippen LogP) is 3.67. The Morgan fingerprint density at radius 2 is 1.46 bits per heavy atom. The minimum absolute atomic E-state index is 0.213. The number of hydrogen-bond acceptors (Lipinski definition) is 1. The summed E-state index contributed by atoms with van der Waals surface area (Å²) in [6, 6.07) is 0. The van der Waals surface area contributed by atoms with Crippen LogP contribution in [0.5, 0.6) is 0 Å². The highest BCUT2D eigenvalue weighted by molar-refractivity contribution is 5.04. The van der Waals surface area contributed by atoms with E-state index in [1.165, 1.54) is 18.5 Å². The zero-order chi connectivity index (χ0) is 10.5. The lowest BCUT2D eigenvalue weighted by Gasteiger charge is -2.34. The van der Waals surface area contributed by atoms with Crippen molar-refractivity contribution in [1.82, 2.24) is 4.90 Å². The molecule has 0 aliphatic rings. The maximum Gasteiger partial charge on any atom is 0.0172 e. The van der Waals surface area contributed by atoms with Crippen LogP contribution >= 0.6 is 0 Å². The van der Waals surface area contributed by atoms with E-state index >= 15 is 0 Å². The minimum Gasteiger partial charge on any atom is -0.375 e. The molecule has 0 fully saturated rings. The van der Waals surface area contributed by atoms with E-state index in [-0.39, 0.29) is 5.41 Å². The molecular formula is C12H25N. The molecule has 1 heteroatoms. The summed E-state index contributed by atoms with van der Waals surface area (Å²) in [5, 5.41) is 0. The minimum atomic E-state index is 0.213. The summed E-state index contributed by atoms with van der Waals surface area (Å²) in [6.45, 7) is 17.6.